The summed E-state index contributed by atoms with van der Waals surface area (Å²) < 4.78 is 5.21. The molecule has 1 N–H and O–H groups in total. The van der Waals surface area contributed by atoms with Gasteiger partial charge in [0.05, 0.1) is 4.88 Å². The van der Waals surface area contributed by atoms with Crippen LogP contribution in [0.15, 0.2) is 28.2 Å². The fourth-order valence-corrected chi connectivity index (χ4v) is 3.61. The highest BCUT2D eigenvalue weighted by atomic mass is 32.1. The van der Waals surface area contributed by atoms with Gasteiger partial charge in [-0.1, -0.05) is 19.9 Å². The molecule has 122 valence electrons. The molecule has 0 radical (unpaired) electrons. The van der Waals surface area contributed by atoms with Crippen LogP contribution >= 0.6 is 11.3 Å². The Balaban J connectivity index is 1.66. The molecular formula is C16H19N3O3S. The van der Waals surface area contributed by atoms with Gasteiger partial charge in [-0.25, -0.2) is 0 Å². The molecule has 1 aliphatic heterocycles. The molecule has 6 nitrogen and oxygen atoms in total. The Hall–Kier alpha value is -2.15. The van der Waals surface area contributed by atoms with E-state index in [1.807, 2.05) is 10.3 Å². The van der Waals surface area contributed by atoms with Crippen molar-refractivity contribution in [2.45, 2.75) is 20.3 Å². The highest BCUT2D eigenvalue weighted by Crippen LogP contribution is 2.23. The Morgan fingerprint density at radius 1 is 1.35 bits per heavy atom. The van der Waals surface area contributed by atoms with Gasteiger partial charge in [0.1, 0.15) is 6.26 Å². The van der Waals surface area contributed by atoms with Crippen LogP contribution < -0.4 is 5.32 Å². The SMILES string of the molecule is CC1CC(C)CN(C(=O)c2coc(NC(=O)c3cccs3)n2)C1. The molecule has 2 atom stereocenters. The maximum absolute atomic E-state index is 12.5. The van der Waals surface area contributed by atoms with Crippen molar-refractivity contribution < 1.29 is 14.0 Å². The lowest BCUT2D eigenvalue weighted by atomic mass is 9.92. The first kappa shape index (κ1) is 15.7. The third-order valence-electron chi connectivity index (χ3n) is 3.84. The van der Waals surface area contributed by atoms with E-state index in [9.17, 15) is 9.59 Å². The Kier molecular flexibility index (Phi) is 4.47. The summed E-state index contributed by atoms with van der Waals surface area (Å²) in [4.78, 5) is 30.9. The third kappa shape index (κ3) is 3.61. The van der Waals surface area contributed by atoms with Gasteiger partial charge in [-0.2, -0.15) is 4.98 Å². The quantitative estimate of drug-likeness (QED) is 0.936. The number of hydrogen-bond acceptors (Lipinski definition) is 5. The highest BCUT2D eigenvalue weighted by Gasteiger charge is 2.28. The van der Waals surface area contributed by atoms with Gasteiger partial charge in [0.25, 0.3) is 11.8 Å². The molecule has 23 heavy (non-hydrogen) atoms. The average Bonchev–Trinajstić information content (AvgIpc) is 3.16. The normalized spacial score (nSPS) is 21.2. The first-order valence-corrected chi connectivity index (χ1v) is 8.50. The zero-order valence-corrected chi connectivity index (χ0v) is 13.9. The molecule has 1 saturated heterocycles. The highest BCUT2D eigenvalue weighted by molar-refractivity contribution is 7.12. The number of rotatable bonds is 3. The van der Waals surface area contributed by atoms with Gasteiger partial charge in [-0.3, -0.25) is 14.9 Å². The van der Waals surface area contributed by atoms with E-state index in [0.29, 0.717) is 16.7 Å². The van der Waals surface area contributed by atoms with Crippen molar-refractivity contribution >= 4 is 29.2 Å². The van der Waals surface area contributed by atoms with E-state index in [-0.39, 0.29) is 23.5 Å². The number of carbonyl (C=O) groups excluding carboxylic acids is 2. The predicted molar refractivity (Wildman–Crippen MR) is 87.6 cm³/mol. The molecule has 1 aliphatic rings. The summed E-state index contributed by atoms with van der Waals surface area (Å²) in [5.41, 5.74) is 0.229. The predicted octanol–water partition coefficient (Wildman–Crippen LogP) is 3.11. The molecule has 7 heteroatoms. The Morgan fingerprint density at radius 3 is 2.74 bits per heavy atom. The van der Waals surface area contributed by atoms with Crippen LogP contribution in [0.2, 0.25) is 0 Å². The van der Waals surface area contributed by atoms with Gasteiger partial charge < -0.3 is 9.32 Å². The van der Waals surface area contributed by atoms with E-state index in [1.165, 1.54) is 17.6 Å². The second kappa shape index (κ2) is 6.54. The Morgan fingerprint density at radius 2 is 2.09 bits per heavy atom. The molecule has 0 spiro atoms. The van der Waals surface area contributed by atoms with Gasteiger partial charge in [0, 0.05) is 13.1 Å². The maximum Gasteiger partial charge on any atom is 0.302 e. The first-order chi connectivity index (χ1) is 11.0. The van der Waals surface area contributed by atoms with Crippen LogP contribution in [0.4, 0.5) is 6.01 Å². The fourth-order valence-electron chi connectivity index (χ4n) is 2.99. The summed E-state index contributed by atoms with van der Waals surface area (Å²) in [5, 5.41) is 4.38. The topological polar surface area (TPSA) is 75.4 Å². The first-order valence-electron chi connectivity index (χ1n) is 7.62. The number of anilines is 1. The summed E-state index contributed by atoms with van der Waals surface area (Å²) >= 11 is 1.33. The molecule has 3 rings (SSSR count). The number of nitrogens with zero attached hydrogens (tertiary/aromatic N) is 2. The van der Waals surface area contributed by atoms with Gasteiger partial charge in [-0.05, 0) is 29.7 Å². The molecular weight excluding hydrogens is 314 g/mol. The summed E-state index contributed by atoms with van der Waals surface area (Å²) in [6, 6.07) is 3.55. The van der Waals surface area contributed by atoms with Crippen molar-refractivity contribution in [1.29, 1.82) is 0 Å². The number of hydrogen-bond donors (Lipinski definition) is 1. The van der Waals surface area contributed by atoms with Gasteiger partial charge in [0.15, 0.2) is 5.69 Å². The summed E-state index contributed by atoms with van der Waals surface area (Å²) in [7, 11) is 0. The lowest BCUT2D eigenvalue weighted by Crippen LogP contribution is -2.42. The van der Waals surface area contributed by atoms with Crippen LogP contribution in [0.1, 0.15) is 40.4 Å². The van der Waals surface area contributed by atoms with Crippen LogP contribution in [0.3, 0.4) is 0 Å². The van der Waals surface area contributed by atoms with Gasteiger partial charge in [-0.15, -0.1) is 11.3 Å². The minimum Gasteiger partial charge on any atom is -0.431 e. The van der Waals surface area contributed by atoms with E-state index < -0.39 is 0 Å². The number of nitrogens with one attached hydrogen (secondary N) is 1. The van der Waals surface area contributed by atoms with Gasteiger partial charge in [0.2, 0.25) is 0 Å². The lowest BCUT2D eigenvalue weighted by molar-refractivity contribution is 0.0617. The Labute approximate surface area is 138 Å². The van der Waals surface area contributed by atoms with Crippen LogP contribution in [0.25, 0.3) is 0 Å². The van der Waals surface area contributed by atoms with Crippen LogP contribution in [0.5, 0.6) is 0 Å². The number of oxazole rings is 1. The summed E-state index contributed by atoms with van der Waals surface area (Å²) in [6.45, 7) is 5.75. The lowest BCUT2D eigenvalue weighted by Gasteiger charge is -2.34. The van der Waals surface area contributed by atoms with Crippen molar-refractivity contribution in [3.63, 3.8) is 0 Å². The molecule has 0 saturated carbocycles. The van der Waals surface area contributed by atoms with Crippen molar-refractivity contribution in [2.24, 2.45) is 11.8 Å². The van der Waals surface area contributed by atoms with Crippen LogP contribution in [-0.4, -0.2) is 34.8 Å². The number of likely N-dealkylation sites (tertiary alicyclic amines) is 1. The van der Waals surface area contributed by atoms with Crippen molar-refractivity contribution in [3.8, 4) is 0 Å². The third-order valence-corrected chi connectivity index (χ3v) is 4.71. The molecule has 2 amide bonds. The number of amides is 2. The van der Waals surface area contributed by atoms with E-state index in [4.69, 9.17) is 4.42 Å². The summed E-state index contributed by atoms with van der Waals surface area (Å²) in [6.07, 6.45) is 2.43. The van der Waals surface area contributed by atoms with E-state index >= 15 is 0 Å². The second-order valence-corrected chi connectivity index (χ2v) is 7.07. The minimum atomic E-state index is -0.291. The number of aromatic nitrogens is 1. The molecule has 0 aromatic carbocycles. The molecule has 0 bridgehead atoms. The Bertz CT molecular complexity index is 685. The standard InChI is InChI=1S/C16H19N3O3S/c1-10-6-11(2)8-19(7-10)15(21)12-9-22-16(17-12)18-14(20)13-4-3-5-23-13/h3-5,9-11H,6-8H2,1-2H3,(H,17,18,20). The van der Waals surface area contributed by atoms with Crippen molar-refractivity contribution in [3.05, 3.63) is 34.3 Å². The second-order valence-electron chi connectivity index (χ2n) is 6.13. The van der Waals surface area contributed by atoms with Crippen molar-refractivity contribution in [2.75, 3.05) is 18.4 Å². The zero-order valence-electron chi connectivity index (χ0n) is 13.1. The molecule has 1 fully saturated rings. The number of piperidine rings is 1. The van der Waals surface area contributed by atoms with E-state index in [1.54, 1.807) is 12.1 Å². The van der Waals surface area contributed by atoms with Crippen LogP contribution in [-0.2, 0) is 0 Å². The monoisotopic (exact) mass is 333 g/mol. The number of thiophene rings is 1. The number of carbonyl (C=O) groups is 2. The molecule has 2 unspecified atom stereocenters. The minimum absolute atomic E-state index is 0.0462. The largest absolute Gasteiger partial charge is 0.431 e. The van der Waals surface area contributed by atoms with Gasteiger partial charge >= 0.3 is 6.01 Å². The van der Waals surface area contributed by atoms with Crippen LogP contribution in [0, 0.1) is 11.8 Å². The molecule has 2 aromatic rings. The molecule has 2 aromatic heterocycles. The van der Waals surface area contributed by atoms with Crippen molar-refractivity contribution in [1.82, 2.24) is 9.88 Å². The van der Waals surface area contributed by atoms with E-state index in [2.05, 4.69) is 24.1 Å². The zero-order chi connectivity index (χ0) is 16.4. The van der Waals surface area contributed by atoms with E-state index in [0.717, 1.165) is 19.5 Å². The summed E-state index contributed by atoms with van der Waals surface area (Å²) in [5.74, 6) is 0.519. The maximum atomic E-state index is 12.5. The average molecular weight is 333 g/mol. The fraction of sp³-hybridized carbons (Fsp3) is 0.438. The molecule has 3 heterocycles. The smallest absolute Gasteiger partial charge is 0.302 e. The molecule has 0 aliphatic carbocycles.